The van der Waals surface area contributed by atoms with Gasteiger partial charge in [0.25, 0.3) is 0 Å². The quantitative estimate of drug-likeness (QED) is 0.908. The molecule has 5 nitrogen and oxygen atoms in total. The van der Waals surface area contributed by atoms with Crippen LogP contribution in [0.1, 0.15) is 30.1 Å². The van der Waals surface area contributed by atoms with Gasteiger partial charge in [0.05, 0.1) is 26.1 Å². The highest BCUT2D eigenvalue weighted by atomic mass is 16.5. The second-order valence-corrected chi connectivity index (χ2v) is 4.50. The molecule has 1 atom stereocenters. The van der Waals surface area contributed by atoms with E-state index in [4.69, 9.17) is 9.47 Å². The van der Waals surface area contributed by atoms with Crippen LogP contribution < -0.4 is 9.47 Å². The van der Waals surface area contributed by atoms with Crippen LogP contribution in [0.3, 0.4) is 0 Å². The zero-order chi connectivity index (χ0) is 14.7. The zero-order valence-electron chi connectivity index (χ0n) is 12.3. The maximum absolute atomic E-state index is 10.6. The first-order valence-electron chi connectivity index (χ1n) is 6.53. The molecule has 20 heavy (non-hydrogen) atoms. The maximum Gasteiger partial charge on any atom is 0.166 e. The molecule has 0 aliphatic carbocycles. The number of imidazole rings is 1. The second-order valence-electron chi connectivity index (χ2n) is 4.50. The maximum atomic E-state index is 10.6. The zero-order valence-corrected chi connectivity index (χ0v) is 12.3. The number of methoxy groups -OCH3 is 2. The Hall–Kier alpha value is -2.01. The van der Waals surface area contributed by atoms with Gasteiger partial charge in [0.15, 0.2) is 11.5 Å². The average molecular weight is 276 g/mol. The van der Waals surface area contributed by atoms with E-state index in [1.54, 1.807) is 26.5 Å². The number of nitrogens with zero attached hydrogens (tertiary/aromatic N) is 2. The van der Waals surface area contributed by atoms with E-state index >= 15 is 0 Å². The topological polar surface area (TPSA) is 56.5 Å². The number of aliphatic hydroxyl groups excluding tert-OH is 1. The molecule has 1 aromatic heterocycles. The Morgan fingerprint density at radius 1 is 1.30 bits per heavy atom. The monoisotopic (exact) mass is 276 g/mol. The summed E-state index contributed by atoms with van der Waals surface area (Å²) in [4.78, 5) is 4.31. The number of rotatable bonds is 5. The van der Waals surface area contributed by atoms with Gasteiger partial charge in [-0.3, -0.25) is 0 Å². The van der Waals surface area contributed by atoms with Gasteiger partial charge in [-0.1, -0.05) is 19.1 Å². The van der Waals surface area contributed by atoms with Crippen LogP contribution in [-0.4, -0.2) is 28.9 Å². The van der Waals surface area contributed by atoms with Gasteiger partial charge < -0.3 is 19.1 Å². The number of aromatic nitrogens is 2. The smallest absolute Gasteiger partial charge is 0.166 e. The molecule has 0 fully saturated rings. The molecule has 0 saturated carbocycles. The van der Waals surface area contributed by atoms with Crippen LogP contribution in [0.2, 0.25) is 0 Å². The lowest BCUT2D eigenvalue weighted by molar-refractivity contribution is 0.204. The van der Waals surface area contributed by atoms with Crippen LogP contribution in [0.4, 0.5) is 0 Å². The number of aryl methyl sites for hydroxylation is 1. The van der Waals surface area contributed by atoms with E-state index in [1.807, 2.05) is 30.7 Å². The van der Waals surface area contributed by atoms with Crippen LogP contribution in [0.25, 0.3) is 0 Å². The lowest BCUT2D eigenvalue weighted by atomic mass is 10.1. The third-order valence-corrected chi connectivity index (χ3v) is 3.44. The van der Waals surface area contributed by atoms with Crippen molar-refractivity contribution in [3.63, 3.8) is 0 Å². The highest BCUT2D eigenvalue weighted by Gasteiger charge is 2.21. The highest BCUT2D eigenvalue weighted by molar-refractivity contribution is 5.49. The Kier molecular flexibility index (Phi) is 4.29. The van der Waals surface area contributed by atoms with Crippen molar-refractivity contribution in [3.05, 3.63) is 41.5 Å². The fourth-order valence-electron chi connectivity index (χ4n) is 2.33. The van der Waals surface area contributed by atoms with E-state index in [-0.39, 0.29) is 0 Å². The number of hydrogen-bond acceptors (Lipinski definition) is 4. The molecule has 1 N–H and O–H groups in total. The van der Waals surface area contributed by atoms with Crippen LogP contribution in [0.15, 0.2) is 24.4 Å². The fourth-order valence-corrected chi connectivity index (χ4v) is 2.33. The summed E-state index contributed by atoms with van der Waals surface area (Å²) in [5.41, 5.74) is 1.39. The number of hydrogen-bond donors (Lipinski definition) is 1. The Morgan fingerprint density at radius 3 is 2.60 bits per heavy atom. The molecule has 2 rings (SSSR count). The first-order valence-corrected chi connectivity index (χ1v) is 6.53. The molecule has 0 bridgehead atoms. The van der Waals surface area contributed by atoms with Gasteiger partial charge in [-0.2, -0.15) is 0 Å². The van der Waals surface area contributed by atoms with Crippen molar-refractivity contribution in [2.45, 2.75) is 19.4 Å². The standard InChI is InChI=1S/C15H20N2O3/c1-5-13-16-9-11(17(13)2)14(18)10-7-6-8-12(19-3)15(10)20-4/h6-9,14,18H,5H2,1-4H3/t14-/m1/s1. The number of ether oxygens (including phenoxy) is 2. The van der Waals surface area contributed by atoms with Gasteiger partial charge in [-0.15, -0.1) is 0 Å². The lowest BCUT2D eigenvalue weighted by Gasteiger charge is -2.17. The molecule has 0 amide bonds. The van der Waals surface area contributed by atoms with E-state index in [0.29, 0.717) is 17.1 Å². The van der Waals surface area contributed by atoms with E-state index in [9.17, 15) is 5.11 Å². The van der Waals surface area contributed by atoms with Crippen molar-refractivity contribution in [1.82, 2.24) is 9.55 Å². The minimum Gasteiger partial charge on any atom is -0.493 e. The Bertz CT molecular complexity index is 593. The molecular weight excluding hydrogens is 256 g/mol. The van der Waals surface area contributed by atoms with Crippen LogP contribution >= 0.6 is 0 Å². The van der Waals surface area contributed by atoms with Crippen LogP contribution in [0.5, 0.6) is 11.5 Å². The van der Waals surface area contributed by atoms with Crippen LogP contribution in [-0.2, 0) is 13.5 Å². The van der Waals surface area contributed by atoms with E-state index < -0.39 is 6.10 Å². The normalized spacial score (nSPS) is 12.2. The number of para-hydroxylation sites is 1. The number of benzene rings is 1. The minimum atomic E-state index is -0.808. The summed E-state index contributed by atoms with van der Waals surface area (Å²) in [5.74, 6) is 2.07. The molecular formula is C15H20N2O3. The van der Waals surface area contributed by atoms with Crippen LogP contribution in [0, 0.1) is 0 Å². The van der Waals surface area contributed by atoms with E-state index in [0.717, 1.165) is 17.9 Å². The molecule has 108 valence electrons. The molecule has 0 radical (unpaired) electrons. The van der Waals surface area contributed by atoms with Crippen molar-refractivity contribution in [2.75, 3.05) is 14.2 Å². The third-order valence-electron chi connectivity index (χ3n) is 3.44. The summed E-state index contributed by atoms with van der Waals surface area (Å²) in [5, 5.41) is 10.6. The summed E-state index contributed by atoms with van der Waals surface area (Å²) in [6.07, 6.45) is 1.71. The first-order chi connectivity index (χ1) is 9.63. The molecule has 2 aromatic rings. The molecule has 1 heterocycles. The van der Waals surface area contributed by atoms with Gasteiger partial charge in [-0.25, -0.2) is 4.98 Å². The van der Waals surface area contributed by atoms with Gasteiger partial charge in [0.2, 0.25) is 0 Å². The van der Waals surface area contributed by atoms with Crippen molar-refractivity contribution in [2.24, 2.45) is 7.05 Å². The fraction of sp³-hybridized carbons (Fsp3) is 0.400. The van der Waals surface area contributed by atoms with Gasteiger partial charge in [0, 0.05) is 19.0 Å². The van der Waals surface area contributed by atoms with Gasteiger partial charge in [0.1, 0.15) is 11.9 Å². The summed E-state index contributed by atoms with van der Waals surface area (Å²) in [6, 6.07) is 5.46. The third kappa shape index (κ3) is 2.36. The molecule has 0 spiro atoms. The largest absolute Gasteiger partial charge is 0.493 e. The van der Waals surface area contributed by atoms with Crippen molar-refractivity contribution in [1.29, 1.82) is 0 Å². The SMILES string of the molecule is CCc1ncc([C@H](O)c2cccc(OC)c2OC)n1C. The molecule has 0 aliphatic rings. The lowest BCUT2D eigenvalue weighted by Crippen LogP contribution is -2.09. The Balaban J connectivity index is 2.47. The predicted octanol–water partition coefficient (Wildman–Crippen LogP) is 2.08. The van der Waals surface area contributed by atoms with Gasteiger partial charge in [-0.05, 0) is 6.07 Å². The minimum absolute atomic E-state index is 0.543. The molecule has 1 aromatic carbocycles. The summed E-state index contributed by atoms with van der Waals surface area (Å²) in [6.45, 7) is 2.03. The van der Waals surface area contributed by atoms with Crippen molar-refractivity contribution < 1.29 is 14.6 Å². The first kappa shape index (κ1) is 14.4. The molecule has 5 heteroatoms. The Labute approximate surface area is 118 Å². The summed E-state index contributed by atoms with van der Waals surface area (Å²) in [7, 11) is 5.04. The highest BCUT2D eigenvalue weighted by Crippen LogP contribution is 2.37. The second kappa shape index (κ2) is 5.96. The molecule has 0 aliphatic heterocycles. The summed E-state index contributed by atoms with van der Waals surface area (Å²) >= 11 is 0. The van der Waals surface area contributed by atoms with E-state index in [1.165, 1.54) is 0 Å². The number of aliphatic hydroxyl groups is 1. The Morgan fingerprint density at radius 2 is 2.05 bits per heavy atom. The van der Waals surface area contributed by atoms with E-state index in [2.05, 4.69) is 4.98 Å². The van der Waals surface area contributed by atoms with Crippen molar-refractivity contribution >= 4 is 0 Å². The predicted molar refractivity (Wildman–Crippen MR) is 76.2 cm³/mol. The van der Waals surface area contributed by atoms with Crippen molar-refractivity contribution in [3.8, 4) is 11.5 Å². The molecule has 0 unspecified atom stereocenters. The molecule has 0 saturated heterocycles. The average Bonchev–Trinajstić information content (AvgIpc) is 2.86. The van der Waals surface area contributed by atoms with Gasteiger partial charge >= 0.3 is 0 Å². The summed E-state index contributed by atoms with van der Waals surface area (Å²) < 4.78 is 12.5.